The maximum atomic E-state index is 13.5. The van der Waals surface area contributed by atoms with Crippen LogP contribution in [0.4, 0.5) is 26.3 Å². The van der Waals surface area contributed by atoms with Crippen LogP contribution in [0.5, 0.6) is 0 Å². The molecule has 0 aliphatic carbocycles. The van der Waals surface area contributed by atoms with Gasteiger partial charge < -0.3 is 14.5 Å². The second kappa shape index (κ2) is 11.8. The molecular weight excluding hydrogens is 540 g/mol. The van der Waals surface area contributed by atoms with Crippen LogP contribution in [0.15, 0.2) is 36.4 Å². The maximum absolute atomic E-state index is 13.5. The molecule has 0 unspecified atom stereocenters. The number of morpholine rings is 1. The summed E-state index contributed by atoms with van der Waals surface area (Å²) in [5, 5.41) is 0. The second-order valence-electron chi connectivity index (χ2n) is 10.3. The quantitative estimate of drug-likeness (QED) is 0.494. The predicted octanol–water partition coefficient (Wildman–Crippen LogP) is 4.57. The first-order valence-corrected chi connectivity index (χ1v) is 13.0. The third kappa shape index (κ3) is 7.14. The first-order valence-electron chi connectivity index (χ1n) is 13.0. The number of alkyl halides is 6. The molecule has 0 radical (unpaired) electrons. The first kappa shape index (κ1) is 29.9. The summed E-state index contributed by atoms with van der Waals surface area (Å²) in [5.41, 5.74) is -0.811. The molecule has 6 nitrogen and oxygen atoms in total. The Morgan fingerprint density at radius 2 is 1.48 bits per heavy atom. The van der Waals surface area contributed by atoms with Gasteiger partial charge >= 0.3 is 12.4 Å². The molecule has 2 aliphatic rings. The van der Waals surface area contributed by atoms with Crippen molar-refractivity contribution in [3.63, 3.8) is 0 Å². The van der Waals surface area contributed by atoms with Crippen LogP contribution in [0, 0.1) is 13.8 Å². The topological polar surface area (TPSA) is 53.1 Å². The van der Waals surface area contributed by atoms with E-state index in [0.717, 1.165) is 16.7 Å². The fourth-order valence-electron chi connectivity index (χ4n) is 5.06. The van der Waals surface area contributed by atoms with Crippen molar-refractivity contribution in [2.24, 2.45) is 0 Å². The van der Waals surface area contributed by atoms with Gasteiger partial charge in [0.05, 0.1) is 30.9 Å². The Kier molecular flexibility index (Phi) is 8.79. The summed E-state index contributed by atoms with van der Waals surface area (Å²) >= 11 is 0. The molecule has 2 aliphatic heterocycles. The third-order valence-electron chi connectivity index (χ3n) is 7.43. The Morgan fingerprint density at radius 1 is 0.850 bits per heavy atom. The average molecular weight is 572 g/mol. The van der Waals surface area contributed by atoms with E-state index in [1.165, 1.54) is 4.90 Å². The monoisotopic (exact) mass is 571 g/mol. The minimum Gasteiger partial charge on any atom is -0.378 e. The number of carbonyl (C=O) groups is 2. The number of nitrogens with zero attached hydrogens (tertiary/aromatic N) is 3. The van der Waals surface area contributed by atoms with Crippen molar-refractivity contribution in [1.29, 1.82) is 0 Å². The van der Waals surface area contributed by atoms with Gasteiger partial charge in [-0.3, -0.25) is 14.5 Å². The van der Waals surface area contributed by atoms with Crippen LogP contribution in [-0.4, -0.2) is 85.0 Å². The van der Waals surface area contributed by atoms with E-state index < -0.39 is 41.0 Å². The summed E-state index contributed by atoms with van der Waals surface area (Å²) in [7, 11) is 0. The van der Waals surface area contributed by atoms with Gasteiger partial charge in [0.15, 0.2) is 0 Å². The van der Waals surface area contributed by atoms with Gasteiger partial charge in [-0.25, -0.2) is 0 Å². The summed E-state index contributed by atoms with van der Waals surface area (Å²) in [6.45, 7) is 6.32. The molecule has 0 saturated carbocycles. The number of benzene rings is 2. The van der Waals surface area contributed by atoms with Crippen molar-refractivity contribution in [2.75, 3.05) is 52.5 Å². The van der Waals surface area contributed by atoms with E-state index in [-0.39, 0.29) is 38.2 Å². The van der Waals surface area contributed by atoms with Crippen molar-refractivity contribution in [3.05, 3.63) is 69.8 Å². The van der Waals surface area contributed by atoms with Gasteiger partial charge in [-0.05, 0) is 55.2 Å². The largest absolute Gasteiger partial charge is 0.416 e. The van der Waals surface area contributed by atoms with E-state index in [2.05, 4.69) is 0 Å². The van der Waals surface area contributed by atoms with Crippen molar-refractivity contribution in [1.82, 2.24) is 14.7 Å². The summed E-state index contributed by atoms with van der Waals surface area (Å²) < 4.78 is 86.0. The molecule has 4 rings (SSSR count). The number of carbonyl (C=O) groups excluding carboxylic acids is 2. The van der Waals surface area contributed by atoms with Gasteiger partial charge in [-0.1, -0.05) is 18.2 Å². The average Bonchev–Trinajstić information content (AvgIpc) is 2.90. The van der Waals surface area contributed by atoms with Crippen LogP contribution in [0.25, 0.3) is 0 Å². The van der Waals surface area contributed by atoms with Crippen LogP contribution < -0.4 is 0 Å². The molecule has 2 aromatic rings. The van der Waals surface area contributed by atoms with Crippen LogP contribution in [0.3, 0.4) is 0 Å². The highest BCUT2D eigenvalue weighted by atomic mass is 19.4. The molecule has 0 bridgehead atoms. The zero-order chi connectivity index (χ0) is 29.2. The number of hydrogen-bond acceptors (Lipinski definition) is 4. The molecule has 2 heterocycles. The first-order chi connectivity index (χ1) is 18.7. The summed E-state index contributed by atoms with van der Waals surface area (Å²) in [5.74, 6) is -1.01. The van der Waals surface area contributed by atoms with Gasteiger partial charge in [0.1, 0.15) is 0 Å². The molecule has 40 heavy (non-hydrogen) atoms. The molecule has 0 aromatic heterocycles. The number of aryl methyl sites for hydroxylation is 2. The van der Waals surface area contributed by atoms with Gasteiger partial charge in [0.25, 0.3) is 5.91 Å². The number of halogens is 6. The lowest BCUT2D eigenvalue weighted by Gasteiger charge is -2.42. The van der Waals surface area contributed by atoms with Crippen LogP contribution in [0.2, 0.25) is 0 Å². The molecule has 0 spiro atoms. The summed E-state index contributed by atoms with van der Waals surface area (Å²) in [6, 6.07) is 6.12. The van der Waals surface area contributed by atoms with Crippen LogP contribution in [-0.2, 0) is 28.3 Å². The molecular formula is C28H31F6N3O3. The maximum Gasteiger partial charge on any atom is 0.416 e. The van der Waals surface area contributed by atoms with E-state index in [1.807, 2.05) is 36.9 Å². The molecule has 0 N–H and O–H groups in total. The number of rotatable bonds is 5. The van der Waals surface area contributed by atoms with Crippen molar-refractivity contribution in [2.45, 2.75) is 38.7 Å². The van der Waals surface area contributed by atoms with Crippen LogP contribution in [0.1, 0.15) is 38.2 Å². The Hall–Kier alpha value is -3.12. The second-order valence-corrected chi connectivity index (χ2v) is 10.3. The highest BCUT2D eigenvalue weighted by Crippen LogP contribution is 2.37. The number of hydrogen-bond donors (Lipinski definition) is 0. The zero-order valence-corrected chi connectivity index (χ0v) is 22.2. The SMILES string of the molecule is Cc1ccc(C[C@@H]2CN(CC(=O)N3CCOCC3)CCN2C(=O)c2cc(C(F)(F)F)cc(C(F)(F)F)c2)cc1C. The number of piperazine rings is 1. The highest BCUT2D eigenvalue weighted by Gasteiger charge is 2.39. The summed E-state index contributed by atoms with van der Waals surface area (Å²) in [4.78, 5) is 31.3. The van der Waals surface area contributed by atoms with Crippen molar-refractivity contribution >= 4 is 11.8 Å². The Labute approximate surface area is 228 Å². The smallest absolute Gasteiger partial charge is 0.378 e. The summed E-state index contributed by atoms with van der Waals surface area (Å²) in [6.07, 6.45) is -9.80. The van der Waals surface area contributed by atoms with E-state index >= 15 is 0 Å². The minimum atomic E-state index is -5.06. The molecule has 218 valence electrons. The highest BCUT2D eigenvalue weighted by molar-refractivity contribution is 5.95. The molecule has 2 fully saturated rings. The Bertz CT molecular complexity index is 1210. The van der Waals surface area contributed by atoms with E-state index in [4.69, 9.17) is 4.74 Å². The van der Waals surface area contributed by atoms with Crippen LogP contribution >= 0.6 is 0 Å². The zero-order valence-electron chi connectivity index (χ0n) is 22.2. The third-order valence-corrected chi connectivity index (χ3v) is 7.43. The van der Waals surface area contributed by atoms with E-state index in [1.54, 1.807) is 4.90 Å². The van der Waals surface area contributed by atoms with Gasteiger partial charge in [0, 0.05) is 44.3 Å². The fourth-order valence-corrected chi connectivity index (χ4v) is 5.06. The van der Waals surface area contributed by atoms with E-state index in [0.29, 0.717) is 44.9 Å². The molecule has 12 heteroatoms. The lowest BCUT2D eigenvalue weighted by Crippen LogP contribution is -2.58. The number of amides is 2. The van der Waals surface area contributed by atoms with Gasteiger partial charge in [-0.15, -0.1) is 0 Å². The lowest BCUT2D eigenvalue weighted by molar-refractivity contribution is -0.143. The molecule has 1 atom stereocenters. The van der Waals surface area contributed by atoms with Gasteiger partial charge in [0.2, 0.25) is 5.91 Å². The normalized spacial score (nSPS) is 19.1. The van der Waals surface area contributed by atoms with E-state index in [9.17, 15) is 35.9 Å². The Balaban J connectivity index is 1.62. The van der Waals surface area contributed by atoms with Gasteiger partial charge in [-0.2, -0.15) is 26.3 Å². The Morgan fingerprint density at radius 3 is 2.05 bits per heavy atom. The predicted molar refractivity (Wildman–Crippen MR) is 135 cm³/mol. The standard InChI is InChI=1S/C28H31F6N3O3/c1-18-3-4-20(11-19(18)2)12-24-16-35(17-25(38)36-7-9-40-10-8-36)5-6-37(24)26(39)21-13-22(27(29,30)31)15-23(14-21)28(32,33)34/h3-4,11,13-15,24H,5-10,12,16-17H2,1-2H3/t24-/m1/s1. The van der Waals surface area contributed by atoms with Crippen molar-refractivity contribution < 1.29 is 40.7 Å². The lowest BCUT2D eigenvalue weighted by atomic mass is 9.97. The van der Waals surface area contributed by atoms with Crippen molar-refractivity contribution in [3.8, 4) is 0 Å². The number of ether oxygens (including phenoxy) is 1. The molecule has 2 aromatic carbocycles. The minimum absolute atomic E-state index is 0.0124. The fraction of sp³-hybridized carbons (Fsp3) is 0.500. The molecule has 2 amide bonds. The molecule has 2 saturated heterocycles.